The standard InChI is InChI=1S/C5H11NO5S/c1-4(2)6-5(7)10-11-12(3,8)9/h4H,1-3H3,(H,6,7). The van der Waals surface area contributed by atoms with Crippen molar-refractivity contribution in [2.45, 2.75) is 19.9 Å². The van der Waals surface area contributed by atoms with Gasteiger partial charge in [0.25, 0.3) is 10.1 Å². The van der Waals surface area contributed by atoms with Crippen molar-refractivity contribution in [3.8, 4) is 0 Å². The molecule has 12 heavy (non-hydrogen) atoms. The van der Waals surface area contributed by atoms with Crippen molar-refractivity contribution in [3.63, 3.8) is 0 Å². The third kappa shape index (κ3) is 7.29. The van der Waals surface area contributed by atoms with Crippen molar-refractivity contribution in [1.29, 1.82) is 0 Å². The first-order valence-corrected chi connectivity index (χ1v) is 4.99. The van der Waals surface area contributed by atoms with Gasteiger partial charge < -0.3 is 5.32 Å². The van der Waals surface area contributed by atoms with E-state index in [2.05, 4.69) is 14.5 Å². The molecule has 0 rings (SSSR count). The molecule has 0 fully saturated rings. The van der Waals surface area contributed by atoms with Gasteiger partial charge in [-0.05, 0) is 13.8 Å². The lowest BCUT2D eigenvalue weighted by Crippen LogP contribution is -2.31. The molecule has 0 aromatic rings. The number of rotatable bonds is 3. The van der Waals surface area contributed by atoms with Crippen molar-refractivity contribution < 1.29 is 22.4 Å². The molecule has 72 valence electrons. The van der Waals surface area contributed by atoms with E-state index < -0.39 is 16.2 Å². The summed E-state index contributed by atoms with van der Waals surface area (Å²) in [5.74, 6) is 0. The summed E-state index contributed by atoms with van der Waals surface area (Å²) in [6, 6.07) is -0.138. The van der Waals surface area contributed by atoms with E-state index in [-0.39, 0.29) is 6.04 Å². The van der Waals surface area contributed by atoms with E-state index in [1.165, 1.54) is 0 Å². The number of carbonyl (C=O) groups excluding carboxylic acids is 1. The lowest BCUT2D eigenvalue weighted by atomic mass is 10.4. The van der Waals surface area contributed by atoms with Gasteiger partial charge in [-0.3, -0.25) is 4.89 Å². The van der Waals surface area contributed by atoms with Crippen LogP contribution in [0.15, 0.2) is 0 Å². The van der Waals surface area contributed by atoms with Crippen LogP contribution in [0.2, 0.25) is 0 Å². The summed E-state index contributed by atoms with van der Waals surface area (Å²) in [7, 11) is -3.74. The zero-order chi connectivity index (χ0) is 9.78. The summed E-state index contributed by atoms with van der Waals surface area (Å²) in [6.45, 7) is 3.39. The maximum absolute atomic E-state index is 10.6. The Morgan fingerprint density at radius 3 is 2.25 bits per heavy atom. The lowest BCUT2D eigenvalue weighted by molar-refractivity contribution is -0.136. The van der Waals surface area contributed by atoms with Crippen LogP contribution in [0.5, 0.6) is 0 Å². The van der Waals surface area contributed by atoms with Crippen LogP contribution in [0.3, 0.4) is 0 Å². The van der Waals surface area contributed by atoms with Crippen molar-refractivity contribution in [2.24, 2.45) is 0 Å². The minimum absolute atomic E-state index is 0.138. The summed E-state index contributed by atoms with van der Waals surface area (Å²) in [4.78, 5) is 14.5. The van der Waals surface area contributed by atoms with Gasteiger partial charge in [-0.2, -0.15) is 8.42 Å². The molecule has 0 saturated heterocycles. The van der Waals surface area contributed by atoms with Crippen LogP contribution in [0.25, 0.3) is 0 Å². The van der Waals surface area contributed by atoms with E-state index in [1.807, 2.05) is 0 Å². The molecular weight excluding hydrogens is 186 g/mol. The molecule has 0 aromatic heterocycles. The van der Waals surface area contributed by atoms with E-state index in [0.717, 1.165) is 6.26 Å². The average Bonchev–Trinajstić information content (AvgIpc) is 1.80. The topological polar surface area (TPSA) is 81.7 Å². The fourth-order valence-electron chi connectivity index (χ4n) is 0.352. The van der Waals surface area contributed by atoms with Gasteiger partial charge in [-0.25, -0.2) is 4.79 Å². The van der Waals surface area contributed by atoms with E-state index >= 15 is 0 Å². The van der Waals surface area contributed by atoms with Gasteiger partial charge in [0, 0.05) is 6.04 Å². The fourth-order valence-corrected chi connectivity index (χ4v) is 0.538. The highest BCUT2D eigenvalue weighted by Crippen LogP contribution is 1.89. The highest BCUT2D eigenvalue weighted by atomic mass is 32.2. The quantitative estimate of drug-likeness (QED) is 0.509. The second-order valence-electron chi connectivity index (χ2n) is 2.44. The van der Waals surface area contributed by atoms with E-state index in [0.29, 0.717) is 0 Å². The first kappa shape index (κ1) is 11.2. The molecule has 0 saturated carbocycles. The van der Waals surface area contributed by atoms with Gasteiger partial charge in [0.2, 0.25) is 0 Å². The highest BCUT2D eigenvalue weighted by molar-refractivity contribution is 7.85. The first-order chi connectivity index (χ1) is 5.31. The van der Waals surface area contributed by atoms with Gasteiger partial charge in [0.05, 0.1) is 6.26 Å². The molecule has 0 radical (unpaired) electrons. The van der Waals surface area contributed by atoms with Gasteiger partial charge in [0.1, 0.15) is 0 Å². The highest BCUT2D eigenvalue weighted by Gasteiger charge is 2.09. The predicted octanol–water partition coefficient (Wildman–Crippen LogP) is 0.0122. The molecule has 0 bridgehead atoms. The molecule has 0 aliphatic carbocycles. The molecule has 0 atom stereocenters. The Morgan fingerprint density at radius 1 is 1.42 bits per heavy atom. The fraction of sp³-hybridized carbons (Fsp3) is 0.800. The van der Waals surface area contributed by atoms with E-state index in [1.54, 1.807) is 13.8 Å². The third-order valence-electron chi connectivity index (χ3n) is 0.640. The van der Waals surface area contributed by atoms with Crippen molar-refractivity contribution in [3.05, 3.63) is 0 Å². The molecule has 0 heterocycles. The normalized spacial score (nSPS) is 11.3. The molecule has 1 amide bonds. The number of nitrogens with one attached hydrogen (secondary N) is 1. The van der Waals surface area contributed by atoms with Gasteiger partial charge in [0.15, 0.2) is 0 Å². The van der Waals surface area contributed by atoms with Crippen LogP contribution in [0.1, 0.15) is 13.8 Å². The molecule has 0 aromatic carbocycles. The van der Waals surface area contributed by atoms with Gasteiger partial charge >= 0.3 is 6.09 Å². The first-order valence-electron chi connectivity index (χ1n) is 3.18. The zero-order valence-corrected chi connectivity index (χ0v) is 7.84. The second-order valence-corrected chi connectivity index (χ2v) is 3.99. The Kier molecular flexibility index (Phi) is 3.98. The largest absolute Gasteiger partial charge is 0.440 e. The minimum atomic E-state index is -3.74. The van der Waals surface area contributed by atoms with Gasteiger partial charge in [-0.1, -0.05) is 4.33 Å². The zero-order valence-electron chi connectivity index (χ0n) is 7.03. The molecule has 0 spiro atoms. The summed E-state index contributed by atoms with van der Waals surface area (Å²) >= 11 is 0. The Labute approximate surface area is 70.9 Å². The number of hydrogen-bond donors (Lipinski definition) is 1. The maximum Gasteiger partial charge on any atom is 0.440 e. The molecule has 7 heteroatoms. The van der Waals surface area contributed by atoms with Crippen LogP contribution >= 0.6 is 0 Å². The smallest absolute Gasteiger partial charge is 0.317 e. The SMILES string of the molecule is CC(C)NC(=O)OOS(C)(=O)=O. The van der Waals surface area contributed by atoms with E-state index in [4.69, 9.17) is 0 Å². The van der Waals surface area contributed by atoms with Crippen molar-refractivity contribution in [2.75, 3.05) is 6.26 Å². The number of carbonyl (C=O) groups is 1. The van der Waals surface area contributed by atoms with Crippen molar-refractivity contribution in [1.82, 2.24) is 5.32 Å². The van der Waals surface area contributed by atoms with Crippen LogP contribution < -0.4 is 5.32 Å². The molecule has 0 aliphatic rings. The second kappa shape index (κ2) is 4.27. The number of hydrogen-bond acceptors (Lipinski definition) is 5. The minimum Gasteiger partial charge on any atom is -0.317 e. The predicted molar refractivity (Wildman–Crippen MR) is 40.7 cm³/mol. The number of amides is 1. The van der Waals surface area contributed by atoms with Crippen LogP contribution in [0.4, 0.5) is 4.79 Å². The van der Waals surface area contributed by atoms with Crippen LogP contribution in [0, 0.1) is 0 Å². The summed E-state index contributed by atoms with van der Waals surface area (Å²) in [6.07, 6.45) is -0.161. The summed E-state index contributed by atoms with van der Waals surface area (Å²) in [5.41, 5.74) is 0. The maximum atomic E-state index is 10.6. The molecular formula is C5H11NO5S. The molecule has 6 nitrogen and oxygen atoms in total. The molecule has 1 N–H and O–H groups in total. The average molecular weight is 197 g/mol. The molecule has 0 aliphatic heterocycles. The van der Waals surface area contributed by atoms with Crippen LogP contribution in [-0.2, 0) is 19.3 Å². The lowest BCUT2D eigenvalue weighted by Gasteiger charge is -2.05. The van der Waals surface area contributed by atoms with Gasteiger partial charge in [-0.15, -0.1) is 0 Å². The monoisotopic (exact) mass is 197 g/mol. The van der Waals surface area contributed by atoms with E-state index in [9.17, 15) is 13.2 Å². The molecule has 0 unspecified atom stereocenters. The van der Waals surface area contributed by atoms with Crippen LogP contribution in [-0.4, -0.2) is 26.8 Å². The Bertz CT molecular complexity index is 245. The Hall–Kier alpha value is -0.820. The third-order valence-corrected chi connectivity index (χ3v) is 0.955. The summed E-state index contributed by atoms with van der Waals surface area (Å²) < 4.78 is 24.3. The Morgan fingerprint density at radius 2 is 1.92 bits per heavy atom. The van der Waals surface area contributed by atoms with Crippen molar-refractivity contribution >= 4 is 16.2 Å². The Balaban J connectivity index is 3.73. The summed E-state index contributed by atoms with van der Waals surface area (Å²) in [5, 5.41) is 2.26.